The number of thioether (sulfide) groups is 1. The number of halogens is 1. The molecular weight excluding hydrogens is 384 g/mol. The van der Waals surface area contributed by atoms with E-state index < -0.39 is 0 Å². The van der Waals surface area contributed by atoms with Crippen molar-refractivity contribution in [3.05, 3.63) is 41.4 Å². The van der Waals surface area contributed by atoms with E-state index in [1.54, 1.807) is 25.2 Å². The molecule has 2 N–H and O–H groups in total. The molecule has 0 fully saturated rings. The van der Waals surface area contributed by atoms with Gasteiger partial charge in [0.15, 0.2) is 5.96 Å². The normalized spacial score (nSPS) is 11.6. The predicted octanol–water partition coefficient (Wildman–Crippen LogP) is 2.47. The SMILES string of the molecule is CCc1nncn1CCNC(=NCCOC)NCCSc1ccc(Cl)cc1. The van der Waals surface area contributed by atoms with Gasteiger partial charge in [-0.2, -0.15) is 0 Å². The summed E-state index contributed by atoms with van der Waals surface area (Å²) in [7, 11) is 1.68. The van der Waals surface area contributed by atoms with E-state index in [1.807, 2.05) is 24.3 Å². The Hall–Kier alpha value is -1.77. The minimum atomic E-state index is 0.595. The number of nitrogens with one attached hydrogen (secondary N) is 2. The molecule has 0 saturated carbocycles. The highest BCUT2D eigenvalue weighted by Crippen LogP contribution is 2.19. The van der Waals surface area contributed by atoms with Gasteiger partial charge in [-0.05, 0) is 24.3 Å². The van der Waals surface area contributed by atoms with E-state index in [0.29, 0.717) is 13.2 Å². The maximum absolute atomic E-state index is 5.91. The summed E-state index contributed by atoms with van der Waals surface area (Å²) < 4.78 is 7.13. The molecule has 0 aliphatic rings. The summed E-state index contributed by atoms with van der Waals surface area (Å²) >= 11 is 7.69. The molecule has 0 saturated heterocycles. The molecule has 1 aromatic heterocycles. The zero-order chi connectivity index (χ0) is 19.3. The fourth-order valence-electron chi connectivity index (χ4n) is 2.33. The summed E-state index contributed by atoms with van der Waals surface area (Å²) in [4.78, 5) is 5.73. The molecule has 7 nitrogen and oxygen atoms in total. The maximum atomic E-state index is 5.91. The fourth-order valence-corrected chi connectivity index (χ4v) is 3.22. The Bertz CT molecular complexity index is 691. The molecule has 2 rings (SSSR count). The first-order chi connectivity index (χ1) is 13.2. The van der Waals surface area contributed by atoms with Gasteiger partial charge in [0.2, 0.25) is 0 Å². The van der Waals surface area contributed by atoms with Crippen molar-refractivity contribution in [2.24, 2.45) is 4.99 Å². The Kier molecular flexibility index (Phi) is 10.0. The van der Waals surface area contributed by atoms with Gasteiger partial charge in [0.1, 0.15) is 12.2 Å². The topological polar surface area (TPSA) is 76.4 Å². The Morgan fingerprint density at radius 1 is 1.26 bits per heavy atom. The molecule has 27 heavy (non-hydrogen) atoms. The van der Waals surface area contributed by atoms with E-state index in [-0.39, 0.29) is 0 Å². The molecule has 9 heteroatoms. The molecule has 0 amide bonds. The monoisotopic (exact) mass is 410 g/mol. The van der Waals surface area contributed by atoms with Crippen molar-refractivity contribution in [2.75, 3.05) is 39.1 Å². The standard InChI is InChI=1S/C18H27ClN6OS/c1-3-17-24-23-14-25(17)11-8-20-18(21-9-12-26-2)22-10-13-27-16-6-4-15(19)5-7-16/h4-7,14H,3,8-13H2,1-2H3,(H2,20,21,22). The Morgan fingerprint density at radius 2 is 2.04 bits per heavy atom. The second kappa shape index (κ2) is 12.6. The van der Waals surface area contributed by atoms with Crippen molar-refractivity contribution in [1.29, 1.82) is 0 Å². The Balaban J connectivity index is 1.75. The Labute approximate surface area is 169 Å². The lowest BCUT2D eigenvalue weighted by Crippen LogP contribution is -2.40. The van der Waals surface area contributed by atoms with Gasteiger partial charge in [-0.15, -0.1) is 22.0 Å². The summed E-state index contributed by atoms with van der Waals surface area (Å²) in [6, 6.07) is 7.88. The smallest absolute Gasteiger partial charge is 0.191 e. The first kappa shape index (κ1) is 21.5. The largest absolute Gasteiger partial charge is 0.383 e. The number of aryl methyl sites for hydroxylation is 1. The first-order valence-corrected chi connectivity index (χ1v) is 10.4. The van der Waals surface area contributed by atoms with E-state index in [0.717, 1.165) is 48.6 Å². The summed E-state index contributed by atoms with van der Waals surface area (Å²) in [5, 5.41) is 15.5. The number of nitrogens with zero attached hydrogens (tertiary/aromatic N) is 4. The van der Waals surface area contributed by atoms with Crippen LogP contribution in [-0.4, -0.2) is 59.8 Å². The van der Waals surface area contributed by atoms with Gasteiger partial charge in [-0.3, -0.25) is 4.99 Å². The first-order valence-electron chi connectivity index (χ1n) is 8.99. The van der Waals surface area contributed by atoms with Crippen molar-refractivity contribution in [2.45, 2.75) is 24.8 Å². The number of aliphatic imine (C=N–C) groups is 1. The van der Waals surface area contributed by atoms with Gasteiger partial charge >= 0.3 is 0 Å². The average molecular weight is 411 g/mol. The van der Waals surface area contributed by atoms with Gasteiger partial charge in [-0.1, -0.05) is 18.5 Å². The van der Waals surface area contributed by atoms with Crippen LogP contribution in [0.1, 0.15) is 12.7 Å². The zero-order valence-corrected chi connectivity index (χ0v) is 17.4. The number of ether oxygens (including phenoxy) is 1. The van der Waals surface area contributed by atoms with E-state index >= 15 is 0 Å². The third-order valence-corrected chi connectivity index (χ3v) is 4.97. The number of rotatable bonds is 11. The van der Waals surface area contributed by atoms with Crippen LogP contribution in [0.25, 0.3) is 0 Å². The molecule has 0 aliphatic carbocycles. The van der Waals surface area contributed by atoms with E-state index in [2.05, 4.69) is 37.3 Å². The number of hydrogen-bond acceptors (Lipinski definition) is 5. The van der Waals surface area contributed by atoms with Crippen molar-refractivity contribution < 1.29 is 4.74 Å². The number of hydrogen-bond donors (Lipinski definition) is 2. The minimum absolute atomic E-state index is 0.595. The minimum Gasteiger partial charge on any atom is -0.383 e. The van der Waals surface area contributed by atoms with Crippen LogP contribution in [0.3, 0.4) is 0 Å². The fraction of sp³-hybridized carbons (Fsp3) is 0.500. The molecule has 0 atom stereocenters. The Morgan fingerprint density at radius 3 is 2.78 bits per heavy atom. The highest BCUT2D eigenvalue weighted by atomic mass is 35.5. The van der Waals surface area contributed by atoms with Gasteiger partial charge in [0.25, 0.3) is 0 Å². The van der Waals surface area contributed by atoms with Crippen LogP contribution in [0.4, 0.5) is 0 Å². The lowest BCUT2D eigenvalue weighted by Gasteiger charge is -2.13. The molecule has 0 unspecified atom stereocenters. The van der Waals surface area contributed by atoms with Gasteiger partial charge in [0.05, 0.1) is 13.2 Å². The molecule has 0 radical (unpaired) electrons. The molecular formula is C18H27ClN6OS. The van der Waals surface area contributed by atoms with Crippen molar-refractivity contribution in [3.63, 3.8) is 0 Å². The quantitative estimate of drug-likeness (QED) is 0.256. The van der Waals surface area contributed by atoms with Crippen molar-refractivity contribution >= 4 is 29.3 Å². The number of guanidine groups is 1. The number of benzene rings is 1. The second-order valence-electron chi connectivity index (χ2n) is 5.67. The van der Waals surface area contributed by atoms with Gasteiger partial charge in [-0.25, -0.2) is 0 Å². The van der Waals surface area contributed by atoms with Crippen LogP contribution < -0.4 is 10.6 Å². The number of methoxy groups -OCH3 is 1. The molecule has 1 heterocycles. The van der Waals surface area contributed by atoms with Gasteiger partial charge < -0.3 is 19.9 Å². The lowest BCUT2D eigenvalue weighted by atomic mass is 10.4. The molecule has 148 valence electrons. The van der Waals surface area contributed by atoms with Crippen LogP contribution in [-0.2, 0) is 17.7 Å². The summed E-state index contributed by atoms with van der Waals surface area (Å²) in [5.74, 6) is 2.70. The molecule has 0 spiro atoms. The second-order valence-corrected chi connectivity index (χ2v) is 7.28. The summed E-state index contributed by atoms with van der Waals surface area (Å²) in [6.07, 6.45) is 2.63. The average Bonchev–Trinajstić information content (AvgIpc) is 3.14. The van der Waals surface area contributed by atoms with E-state index in [4.69, 9.17) is 16.3 Å². The van der Waals surface area contributed by atoms with Crippen molar-refractivity contribution in [1.82, 2.24) is 25.4 Å². The molecule has 0 aliphatic heterocycles. The molecule has 0 bridgehead atoms. The lowest BCUT2D eigenvalue weighted by molar-refractivity contribution is 0.208. The van der Waals surface area contributed by atoms with Crippen LogP contribution in [0, 0.1) is 0 Å². The maximum Gasteiger partial charge on any atom is 0.191 e. The third kappa shape index (κ3) is 8.19. The van der Waals surface area contributed by atoms with Gasteiger partial charge in [0, 0.05) is 48.8 Å². The molecule has 1 aromatic carbocycles. The van der Waals surface area contributed by atoms with E-state index in [1.165, 1.54) is 4.90 Å². The van der Waals surface area contributed by atoms with Crippen LogP contribution in [0.2, 0.25) is 5.02 Å². The van der Waals surface area contributed by atoms with Crippen LogP contribution >= 0.6 is 23.4 Å². The highest BCUT2D eigenvalue weighted by Gasteiger charge is 2.03. The highest BCUT2D eigenvalue weighted by molar-refractivity contribution is 7.99. The number of aromatic nitrogens is 3. The van der Waals surface area contributed by atoms with Crippen LogP contribution in [0.15, 0.2) is 40.5 Å². The van der Waals surface area contributed by atoms with E-state index in [9.17, 15) is 0 Å². The van der Waals surface area contributed by atoms with Crippen molar-refractivity contribution in [3.8, 4) is 0 Å². The third-order valence-electron chi connectivity index (χ3n) is 3.70. The van der Waals surface area contributed by atoms with Crippen LogP contribution in [0.5, 0.6) is 0 Å². The summed E-state index contributed by atoms with van der Waals surface area (Å²) in [5.41, 5.74) is 0. The zero-order valence-electron chi connectivity index (χ0n) is 15.8. The summed E-state index contributed by atoms with van der Waals surface area (Å²) in [6.45, 7) is 5.63. The molecule has 2 aromatic rings. The predicted molar refractivity (Wildman–Crippen MR) is 112 cm³/mol.